The third-order valence-corrected chi connectivity index (χ3v) is 8.74. The summed E-state index contributed by atoms with van der Waals surface area (Å²) >= 11 is 7.47. The van der Waals surface area contributed by atoms with Gasteiger partial charge in [0.25, 0.3) is 0 Å². The third-order valence-electron chi connectivity index (χ3n) is 5.80. The van der Waals surface area contributed by atoms with Gasteiger partial charge in [0.05, 0.1) is 15.6 Å². The molecule has 170 valence electrons. The minimum Gasteiger partial charge on any atom is -0.339 e. The van der Waals surface area contributed by atoms with Gasteiger partial charge in [-0.1, -0.05) is 11.6 Å². The van der Waals surface area contributed by atoms with Gasteiger partial charge in [-0.2, -0.15) is 4.31 Å². The molecule has 0 atom stereocenters. The van der Waals surface area contributed by atoms with Crippen LogP contribution in [0.15, 0.2) is 40.6 Å². The number of hydrogen-bond donors (Lipinski definition) is 0. The van der Waals surface area contributed by atoms with Gasteiger partial charge in [-0.25, -0.2) is 13.4 Å². The van der Waals surface area contributed by atoms with Crippen LogP contribution in [0.2, 0.25) is 5.02 Å². The van der Waals surface area contributed by atoms with E-state index in [1.54, 1.807) is 28.4 Å². The summed E-state index contributed by atoms with van der Waals surface area (Å²) in [6.45, 7) is 7.45. The molecule has 32 heavy (non-hydrogen) atoms. The van der Waals surface area contributed by atoms with Crippen LogP contribution in [0.1, 0.15) is 16.4 Å². The molecule has 2 aromatic heterocycles. The number of aromatic nitrogens is 2. The maximum Gasteiger partial charge on any atom is 0.243 e. The number of piperazine rings is 1. The smallest absolute Gasteiger partial charge is 0.243 e. The van der Waals surface area contributed by atoms with Crippen molar-refractivity contribution < 1.29 is 13.2 Å². The fourth-order valence-electron chi connectivity index (χ4n) is 3.96. The van der Waals surface area contributed by atoms with Gasteiger partial charge >= 0.3 is 0 Å². The van der Waals surface area contributed by atoms with Crippen molar-refractivity contribution in [2.45, 2.75) is 32.2 Å². The van der Waals surface area contributed by atoms with Gasteiger partial charge in [0, 0.05) is 53.5 Å². The second-order valence-corrected chi connectivity index (χ2v) is 11.3. The molecule has 0 unspecified atom stereocenters. The van der Waals surface area contributed by atoms with Crippen molar-refractivity contribution in [1.29, 1.82) is 0 Å². The van der Waals surface area contributed by atoms with Crippen LogP contribution >= 0.6 is 22.9 Å². The van der Waals surface area contributed by atoms with E-state index in [4.69, 9.17) is 11.6 Å². The van der Waals surface area contributed by atoms with E-state index >= 15 is 0 Å². The van der Waals surface area contributed by atoms with E-state index in [1.807, 2.05) is 30.7 Å². The number of aryl methyl sites for hydroxylation is 2. The van der Waals surface area contributed by atoms with Crippen molar-refractivity contribution in [1.82, 2.24) is 18.8 Å². The number of sulfonamides is 1. The Balaban J connectivity index is 1.42. The number of halogens is 1. The average Bonchev–Trinajstić information content (AvgIpc) is 3.32. The van der Waals surface area contributed by atoms with E-state index in [0.717, 1.165) is 27.7 Å². The molecule has 0 N–H and O–H groups in total. The molecular weight excluding hydrogens is 468 g/mol. The summed E-state index contributed by atoms with van der Waals surface area (Å²) in [5.74, 6) is -0.0173. The molecule has 0 bridgehead atoms. The lowest BCUT2D eigenvalue weighted by molar-refractivity contribution is -0.133. The molecule has 0 spiro atoms. The van der Waals surface area contributed by atoms with E-state index in [-0.39, 0.29) is 30.4 Å². The van der Waals surface area contributed by atoms with Crippen molar-refractivity contribution in [3.05, 3.63) is 57.1 Å². The van der Waals surface area contributed by atoms with Gasteiger partial charge < -0.3 is 9.47 Å². The highest BCUT2D eigenvalue weighted by molar-refractivity contribution is 7.89. The predicted octanol–water partition coefficient (Wildman–Crippen LogP) is 3.72. The van der Waals surface area contributed by atoms with Gasteiger partial charge in [0.1, 0.15) is 6.54 Å². The SMILES string of the molecule is Cc1nc(-c2cc(C)n(CC(=O)N3CCN(S(=O)(=O)c4ccc(Cl)cc4)CC3)c2C)cs1. The quantitative estimate of drug-likeness (QED) is 0.544. The molecule has 0 saturated carbocycles. The fraction of sp³-hybridized carbons (Fsp3) is 0.364. The first-order valence-electron chi connectivity index (χ1n) is 10.3. The Bertz CT molecular complexity index is 1240. The summed E-state index contributed by atoms with van der Waals surface area (Å²) in [4.78, 5) is 19.5. The van der Waals surface area contributed by atoms with E-state index < -0.39 is 10.0 Å². The van der Waals surface area contributed by atoms with Gasteiger partial charge in [-0.05, 0) is 51.1 Å². The van der Waals surface area contributed by atoms with Crippen molar-refractivity contribution in [2.24, 2.45) is 0 Å². The molecule has 0 aliphatic carbocycles. The monoisotopic (exact) mass is 492 g/mol. The Hall–Kier alpha value is -2.20. The zero-order valence-corrected chi connectivity index (χ0v) is 20.6. The van der Waals surface area contributed by atoms with Gasteiger partial charge in [0.15, 0.2) is 0 Å². The van der Waals surface area contributed by atoms with E-state index in [2.05, 4.69) is 11.1 Å². The second-order valence-electron chi connectivity index (χ2n) is 7.86. The summed E-state index contributed by atoms with van der Waals surface area (Å²) in [6.07, 6.45) is 0. The van der Waals surface area contributed by atoms with Crippen LogP contribution in [0.5, 0.6) is 0 Å². The summed E-state index contributed by atoms with van der Waals surface area (Å²) in [5.41, 5.74) is 3.98. The predicted molar refractivity (Wildman–Crippen MR) is 127 cm³/mol. The molecule has 7 nitrogen and oxygen atoms in total. The van der Waals surface area contributed by atoms with Crippen LogP contribution < -0.4 is 0 Å². The number of nitrogens with zero attached hydrogens (tertiary/aromatic N) is 4. The number of amides is 1. The number of hydrogen-bond acceptors (Lipinski definition) is 5. The molecule has 1 aliphatic rings. The number of benzene rings is 1. The first-order chi connectivity index (χ1) is 15.2. The molecule has 1 fully saturated rings. The van der Waals surface area contributed by atoms with E-state index in [9.17, 15) is 13.2 Å². The first kappa shape index (κ1) is 23.0. The third kappa shape index (κ3) is 4.47. The Morgan fingerprint density at radius 3 is 2.34 bits per heavy atom. The van der Waals surface area contributed by atoms with Gasteiger partial charge in [0.2, 0.25) is 15.9 Å². The summed E-state index contributed by atoms with van der Waals surface area (Å²) in [5, 5.41) is 3.53. The fourth-order valence-corrected chi connectivity index (χ4v) is 6.12. The molecular formula is C22H25ClN4O3S2. The largest absolute Gasteiger partial charge is 0.339 e. The van der Waals surface area contributed by atoms with Crippen LogP contribution in [-0.4, -0.2) is 59.3 Å². The Kier molecular flexibility index (Phi) is 6.44. The van der Waals surface area contributed by atoms with Crippen LogP contribution in [0, 0.1) is 20.8 Å². The van der Waals surface area contributed by atoms with Gasteiger partial charge in [-0.15, -0.1) is 11.3 Å². The van der Waals surface area contributed by atoms with E-state index in [1.165, 1.54) is 16.4 Å². The maximum absolute atomic E-state index is 13.0. The van der Waals surface area contributed by atoms with Crippen molar-refractivity contribution in [3.8, 4) is 11.3 Å². The normalized spacial score (nSPS) is 15.3. The highest BCUT2D eigenvalue weighted by Crippen LogP contribution is 2.28. The molecule has 3 heterocycles. The van der Waals surface area contributed by atoms with Crippen LogP contribution in [0.4, 0.5) is 0 Å². The number of carbonyl (C=O) groups is 1. The summed E-state index contributed by atoms with van der Waals surface area (Å²) in [6, 6.07) is 8.21. The Labute approximate surface area is 197 Å². The highest BCUT2D eigenvalue weighted by atomic mass is 35.5. The molecule has 10 heteroatoms. The molecule has 4 rings (SSSR count). The van der Waals surface area contributed by atoms with E-state index in [0.29, 0.717) is 18.1 Å². The zero-order valence-electron chi connectivity index (χ0n) is 18.2. The molecule has 3 aromatic rings. The Morgan fingerprint density at radius 1 is 1.09 bits per heavy atom. The second kappa shape index (κ2) is 8.97. The lowest BCUT2D eigenvalue weighted by atomic mass is 10.2. The molecule has 1 aromatic carbocycles. The average molecular weight is 493 g/mol. The first-order valence-corrected chi connectivity index (χ1v) is 13.0. The number of carbonyl (C=O) groups excluding carboxylic acids is 1. The number of rotatable bonds is 5. The standard InChI is InChI=1S/C22H25ClN4O3S2/c1-15-12-20(21-14-31-17(3)24-21)16(2)27(15)13-22(28)25-8-10-26(11-9-25)32(29,30)19-6-4-18(23)5-7-19/h4-7,12,14H,8-11,13H2,1-3H3. The minimum absolute atomic E-state index is 0.0173. The highest BCUT2D eigenvalue weighted by Gasteiger charge is 2.30. The maximum atomic E-state index is 13.0. The van der Waals surface area contributed by atoms with Crippen molar-refractivity contribution in [2.75, 3.05) is 26.2 Å². The van der Waals surface area contributed by atoms with Crippen LogP contribution in [-0.2, 0) is 21.4 Å². The molecule has 0 radical (unpaired) electrons. The topological polar surface area (TPSA) is 75.5 Å². The zero-order chi connectivity index (χ0) is 23.0. The van der Waals surface area contributed by atoms with Gasteiger partial charge in [-0.3, -0.25) is 4.79 Å². The van der Waals surface area contributed by atoms with Crippen LogP contribution in [0.25, 0.3) is 11.3 Å². The summed E-state index contributed by atoms with van der Waals surface area (Å²) < 4.78 is 29.2. The number of thiazole rings is 1. The molecule has 1 saturated heterocycles. The lowest BCUT2D eigenvalue weighted by Crippen LogP contribution is -2.51. The van der Waals surface area contributed by atoms with Crippen molar-refractivity contribution >= 4 is 38.9 Å². The molecule has 1 amide bonds. The lowest BCUT2D eigenvalue weighted by Gasteiger charge is -2.34. The Morgan fingerprint density at radius 2 is 1.75 bits per heavy atom. The van der Waals surface area contributed by atoms with Crippen LogP contribution in [0.3, 0.4) is 0 Å². The molecule has 1 aliphatic heterocycles. The van der Waals surface area contributed by atoms with Crippen molar-refractivity contribution in [3.63, 3.8) is 0 Å². The summed E-state index contributed by atoms with van der Waals surface area (Å²) in [7, 11) is -3.60. The minimum atomic E-state index is -3.60.